The quantitative estimate of drug-likeness (QED) is 0.663. The van der Waals surface area contributed by atoms with E-state index < -0.39 is 16.8 Å². The number of nitrogens with one attached hydrogen (secondary N) is 1. The van der Waals surface area contributed by atoms with E-state index in [0.717, 1.165) is 6.42 Å². The van der Waals surface area contributed by atoms with Crippen molar-refractivity contribution in [3.63, 3.8) is 0 Å². The summed E-state index contributed by atoms with van der Waals surface area (Å²) in [6.07, 6.45) is 0.884. The minimum absolute atomic E-state index is 0.141. The topological polar surface area (TPSA) is 72.2 Å². The Balaban J connectivity index is 3.78. The summed E-state index contributed by atoms with van der Waals surface area (Å²) in [6, 6.07) is -0.454. The lowest BCUT2D eigenvalue weighted by molar-refractivity contribution is -0.123. The Morgan fingerprint density at radius 3 is 2.53 bits per heavy atom. The van der Waals surface area contributed by atoms with Crippen molar-refractivity contribution in [3.8, 4) is 0 Å². The van der Waals surface area contributed by atoms with Crippen molar-refractivity contribution in [2.75, 3.05) is 18.1 Å². The number of rotatable bonds is 7. The summed E-state index contributed by atoms with van der Waals surface area (Å²) < 4.78 is 11.1. The molecule has 0 fully saturated rings. The van der Waals surface area contributed by atoms with Gasteiger partial charge in [0, 0.05) is 28.9 Å². The maximum absolute atomic E-state index is 11.5. The second-order valence-corrected chi connectivity index (χ2v) is 5.50. The zero-order valence-electron chi connectivity index (χ0n) is 9.79. The Morgan fingerprint density at radius 1 is 1.47 bits per heavy atom. The number of hydrogen-bond donors (Lipinski definition) is 2. The number of carbonyl (C=O) groups excluding carboxylic acids is 1. The van der Waals surface area contributed by atoms with Crippen molar-refractivity contribution in [2.45, 2.75) is 33.2 Å². The monoisotopic (exact) mass is 234 g/mol. The largest absolute Gasteiger partial charge is 0.354 e. The summed E-state index contributed by atoms with van der Waals surface area (Å²) in [5.41, 5.74) is 5.73. The molecule has 0 aliphatic carbocycles. The fourth-order valence-electron chi connectivity index (χ4n) is 1.06. The summed E-state index contributed by atoms with van der Waals surface area (Å²) in [6.45, 7) is 6.27. The van der Waals surface area contributed by atoms with Gasteiger partial charge in [-0.2, -0.15) is 0 Å². The molecule has 3 N–H and O–H groups in total. The molecule has 0 aliphatic heterocycles. The van der Waals surface area contributed by atoms with Crippen LogP contribution in [-0.2, 0) is 15.6 Å². The number of amides is 1. The van der Waals surface area contributed by atoms with Crippen LogP contribution >= 0.6 is 0 Å². The maximum atomic E-state index is 11.5. The van der Waals surface area contributed by atoms with Gasteiger partial charge in [-0.1, -0.05) is 27.2 Å². The number of nitrogens with two attached hydrogens (primary N) is 1. The molecule has 0 bridgehead atoms. The van der Waals surface area contributed by atoms with Gasteiger partial charge in [0.15, 0.2) is 0 Å². The predicted octanol–water partition coefficient (Wildman–Crippen LogP) is 0.245. The summed E-state index contributed by atoms with van der Waals surface area (Å²) in [4.78, 5) is 11.5. The van der Waals surface area contributed by atoms with Crippen molar-refractivity contribution in [1.29, 1.82) is 0 Å². The third-order valence-electron chi connectivity index (χ3n) is 2.51. The van der Waals surface area contributed by atoms with E-state index in [1.807, 2.05) is 20.8 Å². The first-order chi connectivity index (χ1) is 7.02. The van der Waals surface area contributed by atoms with Crippen LogP contribution in [0.1, 0.15) is 27.2 Å². The van der Waals surface area contributed by atoms with Crippen LogP contribution < -0.4 is 11.1 Å². The normalized spacial score (nSPS) is 16.8. The first-order valence-corrected chi connectivity index (χ1v) is 6.89. The van der Waals surface area contributed by atoms with Crippen molar-refractivity contribution in [3.05, 3.63) is 0 Å². The van der Waals surface area contributed by atoms with Gasteiger partial charge in [-0.25, -0.2) is 0 Å². The van der Waals surface area contributed by atoms with Crippen molar-refractivity contribution >= 4 is 16.7 Å². The molecule has 0 aromatic rings. The molecular formula is C10H22N2O2S. The first-order valence-electron chi connectivity index (χ1n) is 5.41. The first kappa shape index (κ1) is 14.6. The molecule has 1 amide bonds. The second-order valence-electron chi connectivity index (χ2n) is 3.63. The zero-order valence-corrected chi connectivity index (χ0v) is 10.6. The minimum Gasteiger partial charge on any atom is -0.354 e. The van der Waals surface area contributed by atoms with Gasteiger partial charge in [0.1, 0.15) is 0 Å². The van der Waals surface area contributed by atoms with E-state index in [9.17, 15) is 9.00 Å². The summed E-state index contributed by atoms with van der Waals surface area (Å²) in [5, 5.41) is 2.71. The van der Waals surface area contributed by atoms with Gasteiger partial charge in [0.2, 0.25) is 5.91 Å². The van der Waals surface area contributed by atoms with Crippen LogP contribution in [0.3, 0.4) is 0 Å². The maximum Gasteiger partial charge on any atom is 0.237 e. The Labute approximate surface area is 94.4 Å². The molecule has 0 aliphatic rings. The van der Waals surface area contributed by atoms with E-state index in [4.69, 9.17) is 5.73 Å². The summed E-state index contributed by atoms with van der Waals surface area (Å²) in [5.74, 6) is 1.18. The smallest absolute Gasteiger partial charge is 0.237 e. The Morgan fingerprint density at radius 2 is 2.07 bits per heavy atom. The van der Waals surface area contributed by atoms with Crippen LogP contribution in [0.2, 0.25) is 0 Å². The molecule has 3 atom stereocenters. The van der Waals surface area contributed by atoms with E-state index in [-0.39, 0.29) is 11.8 Å². The van der Waals surface area contributed by atoms with Gasteiger partial charge in [0.05, 0.1) is 6.04 Å². The third kappa shape index (κ3) is 5.89. The molecule has 0 radical (unpaired) electrons. The van der Waals surface area contributed by atoms with E-state index in [0.29, 0.717) is 18.1 Å². The van der Waals surface area contributed by atoms with Gasteiger partial charge in [-0.15, -0.1) is 0 Å². The van der Waals surface area contributed by atoms with Crippen LogP contribution in [0.15, 0.2) is 0 Å². The predicted molar refractivity (Wildman–Crippen MR) is 64.0 cm³/mol. The van der Waals surface area contributed by atoms with Crippen LogP contribution in [-0.4, -0.2) is 34.2 Å². The lowest BCUT2D eigenvalue weighted by Crippen LogP contribution is -2.45. The summed E-state index contributed by atoms with van der Waals surface area (Å²) in [7, 11) is -0.825. The van der Waals surface area contributed by atoms with Crippen LogP contribution in [0, 0.1) is 5.92 Å². The molecule has 0 aromatic heterocycles. The highest BCUT2D eigenvalue weighted by Crippen LogP contribution is 2.04. The van der Waals surface area contributed by atoms with Crippen LogP contribution in [0.5, 0.6) is 0 Å². The molecule has 90 valence electrons. The Kier molecular flexibility index (Phi) is 7.60. The minimum atomic E-state index is -0.825. The number of hydrogen-bond acceptors (Lipinski definition) is 3. The fourth-order valence-corrected chi connectivity index (χ4v) is 1.68. The SMILES string of the molecule is CC[C@H](C)[C@H](N)C(=O)NCCS(=O)CC. The zero-order chi connectivity index (χ0) is 11.8. The van der Waals surface area contributed by atoms with E-state index in [1.165, 1.54) is 0 Å². The molecule has 0 rings (SSSR count). The van der Waals surface area contributed by atoms with E-state index in [1.54, 1.807) is 0 Å². The number of carbonyl (C=O) groups is 1. The lowest BCUT2D eigenvalue weighted by Gasteiger charge is -2.17. The highest BCUT2D eigenvalue weighted by molar-refractivity contribution is 7.84. The summed E-state index contributed by atoms with van der Waals surface area (Å²) >= 11 is 0. The van der Waals surface area contributed by atoms with Crippen LogP contribution in [0.25, 0.3) is 0 Å². The van der Waals surface area contributed by atoms with Gasteiger partial charge in [-0.3, -0.25) is 9.00 Å². The van der Waals surface area contributed by atoms with Gasteiger partial charge in [0.25, 0.3) is 0 Å². The molecule has 15 heavy (non-hydrogen) atoms. The van der Waals surface area contributed by atoms with Crippen molar-refractivity contribution in [1.82, 2.24) is 5.32 Å². The highest BCUT2D eigenvalue weighted by Gasteiger charge is 2.18. The second kappa shape index (κ2) is 7.82. The molecule has 0 saturated carbocycles. The molecule has 0 saturated heterocycles. The highest BCUT2D eigenvalue weighted by atomic mass is 32.2. The average Bonchev–Trinajstić information content (AvgIpc) is 2.26. The van der Waals surface area contributed by atoms with E-state index in [2.05, 4.69) is 5.32 Å². The van der Waals surface area contributed by atoms with Crippen molar-refractivity contribution < 1.29 is 9.00 Å². The molecule has 0 heterocycles. The molecule has 1 unspecified atom stereocenters. The molecule has 5 heteroatoms. The Bertz CT molecular complexity index is 221. The molecule has 0 aromatic carbocycles. The van der Waals surface area contributed by atoms with Gasteiger partial charge in [-0.05, 0) is 5.92 Å². The Hall–Kier alpha value is -0.420. The van der Waals surface area contributed by atoms with Gasteiger partial charge < -0.3 is 11.1 Å². The molecular weight excluding hydrogens is 212 g/mol. The van der Waals surface area contributed by atoms with Crippen LogP contribution in [0.4, 0.5) is 0 Å². The lowest BCUT2D eigenvalue weighted by atomic mass is 9.99. The standard InChI is InChI=1S/C10H22N2O2S/c1-4-8(3)9(11)10(13)12-6-7-15(14)5-2/h8-9H,4-7,11H2,1-3H3,(H,12,13)/t8-,9-,15?/m0/s1. The third-order valence-corrected chi connectivity index (χ3v) is 3.81. The fraction of sp³-hybridized carbons (Fsp3) is 0.900. The van der Waals surface area contributed by atoms with Crippen molar-refractivity contribution in [2.24, 2.45) is 11.7 Å². The van der Waals surface area contributed by atoms with Gasteiger partial charge >= 0.3 is 0 Å². The van der Waals surface area contributed by atoms with E-state index >= 15 is 0 Å². The molecule has 4 nitrogen and oxygen atoms in total. The average molecular weight is 234 g/mol. The molecule has 0 spiro atoms.